The Morgan fingerprint density at radius 3 is 2.71 bits per heavy atom. The van der Waals surface area contributed by atoms with Gasteiger partial charge in [0.2, 0.25) is 0 Å². The summed E-state index contributed by atoms with van der Waals surface area (Å²) in [6, 6.07) is 11.4. The molecule has 0 atom stereocenters. The Hall–Kier alpha value is -1.81. The Labute approximate surface area is 104 Å². The molecule has 0 saturated carbocycles. The Kier molecular flexibility index (Phi) is 3.77. The average Bonchev–Trinajstić information content (AvgIpc) is 2.38. The summed E-state index contributed by atoms with van der Waals surface area (Å²) in [5.41, 5.74) is 1.07. The third-order valence-corrected chi connectivity index (χ3v) is 3.33. The van der Waals surface area contributed by atoms with Gasteiger partial charge in [0.25, 0.3) is 0 Å². The monoisotopic (exact) mass is 245 g/mol. The molecule has 0 amide bonds. The highest BCUT2D eigenvalue weighted by Gasteiger charge is 2.09. The molecule has 0 radical (unpaired) electrons. The fourth-order valence-electron chi connectivity index (χ4n) is 1.43. The lowest BCUT2D eigenvalue weighted by molar-refractivity contribution is 0.0696. The number of hydrogen-bond donors (Lipinski definition) is 1. The second-order valence-electron chi connectivity index (χ2n) is 3.44. The van der Waals surface area contributed by atoms with Gasteiger partial charge in [0.15, 0.2) is 0 Å². The van der Waals surface area contributed by atoms with Crippen molar-refractivity contribution in [1.82, 2.24) is 4.98 Å². The van der Waals surface area contributed by atoms with Crippen LogP contribution in [0.2, 0.25) is 0 Å². The molecule has 0 aliphatic carbocycles. The molecule has 0 bridgehead atoms. The number of thioether (sulfide) groups is 1. The van der Waals surface area contributed by atoms with Crippen LogP contribution in [-0.4, -0.2) is 16.1 Å². The second-order valence-corrected chi connectivity index (χ2v) is 4.49. The first kappa shape index (κ1) is 11.7. The van der Waals surface area contributed by atoms with E-state index in [0.29, 0.717) is 11.3 Å². The van der Waals surface area contributed by atoms with Gasteiger partial charge in [-0.25, -0.2) is 4.79 Å². The molecule has 0 unspecified atom stereocenters. The van der Waals surface area contributed by atoms with Gasteiger partial charge in [-0.1, -0.05) is 18.2 Å². The van der Waals surface area contributed by atoms with Crippen LogP contribution < -0.4 is 0 Å². The number of carboxylic acids is 1. The minimum atomic E-state index is -0.906. The Morgan fingerprint density at radius 2 is 2.00 bits per heavy atom. The predicted molar refractivity (Wildman–Crippen MR) is 67.2 cm³/mol. The van der Waals surface area contributed by atoms with Crippen molar-refractivity contribution in [3.63, 3.8) is 0 Å². The highest BCUT2D eigenvalue weighted by molar-refractivity contribution is 7.98. The number of pyridine rings is 1. The zero-order chi connectivity index (χ0) is 12.1. The summed E-state index contributed by atoms with van der Waals surface area (Å²) >= 11 is 1.60. The van der Waals surface area contributed by atoms with E-state index < -0.39 is 5.97 Å². The van der Waals surface area contributed by atoms with Crippen molar-refractivity contribution >= 4 is 17.7 Å². The number of hydrogen-bond acceptors (Lipinski definition) is 3. The molecular formula is C13H11NO2S. The van der Waals surface area contributed by atoms with Gasteiger partial charge in [0.05, 0.1) is 5.56 Å². The van der Waals surface area contributed by atoms with Gasteiger partial charge in [-0.05, 0) is 23.8 Å². The van der Waals surface area contributed by atoms with E-state index in [9.17, 15) is 4.79 Å². The van der Waals surface area contributed by atoms with Crippen molar-refractivity contribution in [3.05, 3.63) is 59.9 Å². The molecule has 3 nitrogen and oxygen atoms in total. The fraction of sp³-hybridized carbons (Fsp3) is 0.0769. The van der Waals surface area contributed by atoms with Gasteiger partial charge in [-0.3, -0.25) is 4.98 Å². The molecule has 4 heteroatoms. The van der Waals surface area contributed by atoms with E-state index in [4.69, 9.17) is 5.11 Å². The number of nitrogens with zero attached hydrogens (tertiary/aromatic N) is 1. The molecule has 1 heterocycles. The van der Waals surface area contributed by atoms with Crippen molar-refractivity contribution in [2.45, 2.75) is 10.6 Å². The number of rotatable bonds is 4. The van der Waals surface area contributed by atoms with Gasteiger partial charge in [0, 0.05) is 23.0 Å². The van der Waals surface area contributed by atoms with E-state index in [-0.39, 0.29) is 0 Å². The van der Waals surface area contributed by atoms with Gasteiger partial charge < -0.3 is 5.11 Å². The Bertz CT molecular complexity index is 514. The number of aromatic carboxylic acids is 1. The zero-order valence-corrected chi connectivity index (χ0v) is 9.85. The maximum atomic E-state index is 11.0. The predicted octanol–water partition coefficient (Wildman–Crippen LogP) is 3.07. The SMILES string of the molecule is O=C(O)c1ccncc1CSc1ccccc1. The highest BCUT2D eigenvalue weighted by Crippen LogP contribution is 2.23. The van der Waals surface area contributed by atoms with Crippen molar-refractivity contribution in [1.29, 1.82) is 0 Å². The van der Waals surface area contributed by atoms with E-state index in [1.807, 2.05) is 30.3 Å². The third kappa shape index (κ3) is 3.07. The van der Waals surface area contributed by atoms with E-state index >= 15 is 0 Å². The Balaban J connectivity index is 2.12. The van der Waals surface area contributed by atoms with Crippen LogP contribution in [0.5, 0.6) is 0 Å². The van der Waals surface area contributed by atoms with Crippen LogP contribution in [0.1, 0.15) is 15.9 Å². The minimum Gasteiger partial charge on any atom is -0.478 e. The topological polar surface area (TPSA) is 50.2 Å². The van der Waals surface area contributed by atoms with Crippen LogP contribution in [0, 0.1) is 0 Å². The zero-order valence-electron chi connectivity index (χ0n) is 9.04. The van der Waals surface area contributed by atoms with Gasteiger partial charge in [-0.15, -0.1) is 11.8 Å². The van der Waals surface area contributed by atoms with Crippen molar-refractivity contribution in [3.8, 4) is 0 Å². The van der Waals surface area contributed by atoms with Crippen LogP contribution in [-0.2, 0) is 5.75 Å². The molecule has 0 aliphatic rings. The largest absolute Gasteiger partial charge is 0.478 e. The van der Waals surface area contributed by atoms with Crippen molar-refractivity contribution in [2.24, 2.45) is 0 Å². The van der Waals surface area contributed by atoms with E-state index in [1.165, 1.54) is 12.3 Å². The summed E-state index contributed by atoms with van der Waals surface area (Å²) in [5, 5.41) is 9.03. The van der Waals surface area contributed by atoms with Crippen molar-refractivity contribution < 1.29 is 9.90 Å². The van der Waals surface area contributed by atoms with Crippen LogP contribution in [0.4, 0.5) is 0 Å². The first-order valence-electron chi connectivity index (χ1n) is 5.11. The summed E-state index contributed by atoms with van der Waals surface area (Å²) in [4.78, 5) is 16.1. The first-order valence-corrected chi connectivity index (χ1v) is 6.10. The Morgan fingerprint density at radius 1 is 1.24 bits per heavy atom. The molecule has 0 spiro atoms. The van der Waals surface area contributed by atoms with Crippen LogP contribution in [0.25, 0.3) is 0 Å². The molecule has 2 rings (SSSR count). The van der Waals surface area contributed by atoms with E-state index in [1.54, 1.807) is 18.0 Å². The summed E-state index contributed by atoms with van der Waals surface area (Å²) < 4.78 is 0. The smallest absolute Gasteiger partial charge is 0.336 e. The molecule has 2 aromatic rings. The fourth-order valence-corrected chi connectivity index (χ4v) is 2.33. The number of carbonyl (C=O) groups is 1. The van der Waals surface area contributed by atoms with Crippen LogP contribution in [0.15, 0.2) is 53.7 Å². The molecule has 1 aromatic carbocycles. The normalized spacial score (nSPS) is 10.1. The lowest BCUT2D eigenvalue weighted by Crippen LogP contribution is -2.01. The van der Waals surface area contributed by atoms with E-state index in [0.717, 1.165) is 10.5 Å². The summed E-state index contributed by atoms with van der Waals surface area (Å²) in [6.07, 6.45) is 3.11. The van der Waals surface area contributed by atoms with Crippen molar-refractivity contribution in [2.75, 3.05) is 0 Å². The number of benzene rings is 1. The maximum absolute atomic E-state index is 11.0. The van der Waals surface area contributed by atoms with E-state index in [2.05, 4.69) is 4.98 Å². The highest BCUT2D eigenvalue weighted by atomic mass is 32.2. The average molecular weight is 245 g/mol. The molecule has 86 valence electrons. The molecule has 0 saturated heterocycles. The summed E-state index contributed by atoms with van der Waals surface area (Å²) in [6.45, 7) is 0. The number of aromatic nitrogens is 1. The molecular weight excluding hydrogens is 234 g/mol. The molecule has 0 aliphatic heterocycles. The van der Waals surface area contributed by atoms with Gasteiger partial charge in [0.1, 0.15) is 0 Å². The van der Waals surface area contributed by atoms with Gasteiger partial charge in [-0.2, -0.15) is 0 Å². The lowest BCUT2D eigenvalue weighted by atomic mass is 10.2. The quantitative estimate of drug-likeness (QED) is 0.841. The molecule has 0 fully saturated rings. The van der Waals surface area contributed by atoms with Crippen LogP contribution >= 0.6 is 11.8 Å². The van der Waals surface area contributed by atoms with Gasteiger partial charge >= 0.3 is 5.97 Å². The standard InChI is InChI=1S/C13H11NO2S/c15-13(16)12-6-7-14-8-10(12)9-17-11-4-2-1-3-5-11/h1-8H,9H2,(H,15,16). The lowest BCUT2D eigenvalue weighted by Gasteiger charge is -2.04. The molecule has 1 aromatic heterocycles. The summed E-state index contributed by atoms with van der Waals surface area (Å²) in [5.74, 6) is -0.296. The molecule has 17 heavy (non-hydrogen) atoms. The van der Waals surface area contributed by atoms with Crippen LogP contribution in [0.3, 0.4) is 0 Å². The first-order chi connectivity index (χ1) is 8.27. The number of carboxylic acid groups (broad SMARTS) is 1. The minimum absolute atomic E-state index is 0.323. The molecule has 1 N–H and O–H groups in total. The summed E-state index contributed by atoms with van der Waals surface area (Å²) in [7, 11) is 0. The second kappa shape index (κ2) is 5.50. The third-order valence-electron chi connectivity index (χ3n) is 2.27. The maximum Gasteiger partial charge on any atom is 0.336 e.